The van der Waals surface area contributed by atoms with E-state index in [2.05, 4.69) is 43.4 Å². The minimum Gasteiger partial charge on any atom is -0.355 e. The first-order valence-electron chi connectivity index (χ1n) is 7.90. The molecular weight excluding hydrogens is 246 g/mol. The molecule has 1 amide bonds. The average Bonchev–Trinajstić information content (AvgIpc) is 2.47. The van der Waals surface area contributed by atoms with Gasteiger partial charge in [-0.1, -0.05) is 63.4 Å². The molecule has 1 aliphatic carbocycles. The molecule has 2 rings (SSSR count). The zero-order chi connectivity index (χ0) is 14.4. The second kappa shape index (κ2) is 6.92. The van der Waals surface area contributed by atoms with Crippen LogP contribution in [0.25, 0.3) is 0 Å². The summed E-state index contributed by atoms with van der Waals surface area (Å²) in [5.41, 5.74) is 1.27. The van der Waals surface area contributed by atoms with E-state index >= 15 is 0 Å². The second-order valence-corrected chi connectivity index (χ2v) is 6.73. The maximum atomic E-state index is 12.1. The minimum atomic E-state index is -0.0104. The third kappa shape index (κ3) is 4.36. The normalized spacial score (nSPS) is 16.9. The van der Waals surface area contributed by atoms with Gasteiger partial charge in [-0.25, -0.2) is 0 Å². The van der Waals surface area contributed by atoms with Crippen LogP contribution in [-0.2, 0) is 10.2 Å². The van der Waals surface area contributed by atoms with Gasteiger partial charge >= 0.3 is 0 Å². The van der Waals surface area contributed by atoms with E-state index in [-0.39, 0.29) is 11.3 Å². The van der Waals surface area contributed by atoms with Crippen molar-refractivity contribution in [2.24, 2.45) is 5.92 Å². The third-order valence-electron chi connectivity index (χ3n) is 4.48. The van der Waals surface area contributed by atoms with Crippen LogP contribution in [0, 0.1) is 5.92 Å². The monoisotopic (exact) mass is 273 g/mol. The summed E-state index contributed by atoms with van der Waals surface area (Å²) in [6.45, 7) is 5.08. The summed E-state index contributed by atoms with van der Waals surface area (Å²) in [5.74, 6) is 0.837. The first kappa shape index (κ1) is 15.1. The van der Waals surface area contributed by atoms with Crippen LogP contribution in [0.15, 0.2) is 30.3 Å². The summed E-state index contributed by atoms with van der Waals surface area (Å²) in [6, 6.07) is 10.4. The second-order valence-electron chi connectivity index (χ2n) is 6.73. The molecule has 1 N–H and O–H groups in total. The van der Waals surface area contributed by atoms with Crippen molar-refractivity contribution >= 4 is 5.91 Å². The van der Waals surface area contributed by atoms with Crippen molar-refractivity contribution in [3.63, 3.8) is 0 Å². The van der Waals surface area contributed by atoms with Crippen molar-refractivity contribution in [2.45, 2.75) is 57.8 Å². The SMILES string of the molecule is CC(C)(CNC(=O)CC1CCCCC1)c1ccccc1. The summed E-state index contributed by atoms with van der Waals surface area (Å²) in [6.07, 6.45) is 7.12. The van der Waals surface area contributed by atoms with Crippen molar-refractivity contribution in [3.8, 4) is 0 Å². The number of carbonyl (C=O) groups is 1. The summed E-state index contributed by atoms with van der Waals surface area (Å²) >= 11 is 0. The van der Waals surface area contributed by atoms with Crippen molar-refractivity contribution < 1.29 is 4.79 Å². The van der Waals surface area contributed by atoms with E-state index in [0.29, 0.717) is 18.9 Å². The lowest BCUT2D eigenvalue weighted by Gasteiger charge is -2.27. The first-order valence-corrected chi connectivity index (χ1v) is 7.90. The molecular formula is C18H27NO. The highest BCUT2D eigenvalue weighted by Crippen LogP contribution is 2.26. The minimum absolute atomic E-state index is 0.0104. The fourth-order valence-electron chi connectivity index (χ4n) is 3.04. The molecule has 110 valence electrons. The van der Waals surface area contributed by atoms with Crippen LogP contribution in [0.4, 0.5) is 0 Å². The quantitative estimate of drug-likeness (QED) is 0.861. The molecule has 1 fully saturated rings. The summed E-state index contributed by atoms with van der Waals surface area (Å²) in [7, 11) is 0. The highest BCUT2D eigenvalue weighted by molar-refractivity contribution is 5.76. The predicted molar refractivity (Wildman–Crippen MR) is 83.7 cm³/mol. The number of amides is 1. The Morgan fingerprint density at radius 3 is 2.45 bits per heavy atom. The Kier molecular flexibility index (Phi) is 5.22. The van der Waals surface area contributed by atoms with Crippen molar-refractivity contribution in [3.05, 3.63) is 35.9 Å². The summed E-state index contributed by atoms with van der Waals surface area (Å²) in [4.78, 5) is 12.1. The van der Waals surface area contributed by atoms with Gasteiger partial charge in [0.1, 0.15) is 0 Å². The number of hydrogen-bond donors (Lipinski definition) is 1. The van der Waals surface area contributed by atoms with Gasteiger partial charge in [-0.05, 0) is 24.3 Å². The molecule has 0 heterocycles. The van der Waals surface area contributed by atoms with Gasteiger partial charge in [0.2, 0.25) is 5.91 Å². The van der Waals surface area contributed by atoms with Gasteiger partial charge in [0, 0.05) is 18.4 Å². The zero-order valence-electron chi connectivity index (χ0n) is 12.8. The van der Waals surface area contributed by atoms with Gasteiger partial charge in [0.05, 0.1) is 0 Å². The standard InChI is InChI=1S/C18H27NO/c1-18(2,16-11-7-4-8-12-16)14-19-17(20)13-15-9-5-3-6-10-15/h4,7-8,11-12,15H,3,5-6,9-10,13-14H2,1-2H3,(H,19,20). The zero-order valence-corrected chi connectivity index (χ0v) is 12.8. The Labute approximate surface area is 123 Å². The van der Waals surface area contributed by atoms with Crippen LogP contribution in [0.1, 0.15) is 57.9 Å². The number of carbonyl (C=O) groups excluding carboxylic acids is 1. The van der Waals surface area contributed by atoms with Crippen molar-refractivity contribution in [2.75, 3.05) is 6.54 Å². The number of rotatable bonds is 5. The molecule has 1 saturated carbocycles. The topological polar surface area (TPSA) is 29.1 Å². The maximum Gasteiger partial charge on any atom is 0.220 e. The van der Waals surface area contributed by atoms with Gasteiger partial charge < -0.3 is 5.32 Å². The third-order valence-corrected chi connectivity index (χ3v) is 4.48. The van der Waals surface area contributed by atoms with E-state index in [1.54, 1.807) is 0 Å². The molecule has 0 saturated heterocycles. The van der Waals surface area contributed by atoms with Crippen LogP contribution >= 0.6 is 0 Å². The number of nitrogens with one attached hydrogen (secondary N) is 1. The molecule has 0 aliphatic heterocycles. The highest BCUT2D eigenvalue weighted by atomic mass is 16.1. The fourth-order valence-corrected chi connectivity index (χ4v) is 3.04. The Balaban J connectivity index is 1.80. The average molecular weight is 273 g/mol. The van der Waals surface area contributed by atoms with E-state index in [0.717, 1.165) is 0 Å². The molecule has 2 nitrogen and oxygen atoms in total. The van der Waals surface area contributed by atoms with Gasteiger partial charge in [-0.2, -0.15) is 0 Å². The summed E-state index contributed by atoms with van der Waals surface area (Å²) in [5, 5.41) is 3.13. The van der Waals surface area contributed by atoms with E-state index in [1.807, 2.05) is 6.07 Å². The highest BCUT2D eigenvalue weighted by Gasteiger charge is 2.22. The molecule has 0 atom stereocenters. The van der Waals surface area contributed by atoms with E-state index in [9.17, 15) is 4.79 Å². The molecule has 2 heteroatoms. The summed E-state index contributed by atoms with van der Waals surface area (Å²) < 4.78 is 0. The van der Waals surface area contributed by atoms with Crippen LogP contribution in [0.2, 0.25) is 0 Å². The lowest BCUT2D eigenvalue weighted by Crippen LogP contribution is -2.37. The molecule has 0 aromatic heterocycles. The Bertz CT molecular complexity index is 418. The number of benzene rings is 1. The molecule has 20 heavy (non-hydrogen) atoms. The lowest BCUT2D eigenvalue weighted by atomic mass is 9.84. The number of hydrogen-bond acceptors (Lipinski definition) is 1. The molecule has 0 spiro atoms. The van der Waals surface area contributed by atoms with E-state index < -0.39 is 0 Å². The largest absolute Gasteiger partial charge is 0.355 e. The lowest BCUT2D eigenvalue weighted by molar-refractivity contribution is -0.122. The van der Waals surface area contributed by atoms with Crippen molar-refractivity contribution in [1.29, 1.82) is 0 Å². The molecule has 0 bridgehead atoms. The molecule has 1 aromatic carbocycles. The Morgan fingerprint density at radius 1 is 1.15 bits per heavy atom. The van der Waals surface area contributed by atoms with Crippen molar-refractivity contribution in [1.82, 2.24) is 5.32 Å². The van der Waals surface area contributed by atoms with Crippen LogP contribution < -0.4 is 5.32 Å². The Morgan fingerprint density at radius 2 is 1.80 bits per heavy atom. The van der Waals surface area contributed by atoms with Crippen LogP contribution in [0.5, 0.6) is 0 Å². The van der Waals surface area contributed by atoms with E-state index in [1.165, 1.54) is 37.7 Å². The molecule has 0 unspecified atom stereocenters. The van der Waals surface area contributed by atoms with E-state index in [4.69, 9.17) is 0 Å². The van der Waals surface area contributed by atoms with Gasteiger partial charge in [-0.15, -0.1) is 0 Å². The maximum absolute atomic E-state index is 12.1. The van der Waals surface area contributed by atoms with Crippen LogP contribution in [-0.4, -0.2) is 12.5 Å². The van der Waals surface area contributed by atoms with Crippen LogP contribution in [0.3, 0.4) is 0 Å². The fraction of sp³-hybridized carbons (Fsp3) is 0.611. The molecule has 1 aromatic rings. The smallest absolute Gasteiger partial charge is 0.220 e. The molecule has 0 radical (unpaired) electrons. The molecule has 1 aliphatic rings. The Hall–Kier alpha value is -1.31. The first-order chi connectivity index (χ1) is 9.58. The predicted octanol–water partition coefficient (Wildman–Crippen LogP) is 4.05. The van der Waals surface area contributed by atoms with Gasteiger partial charge in [-0.3, -0.25) is 4.79 Å². The van der Waals surface area contributed by atoms with Gasteiger partial charge in [0.25, 0.3) is 0 Å². The van der Waals surface area contributed by atoms with Gasteiger partial charge in [0.15, 0.2) is 0 Å².